The molecule has 1 unspecified atom stereocenters. The molecule has 0 saturated heterocycles. The highest BCUT2D eigenvalue weighted by Gasteiger charge is 2.74. The molecule has 1 spiro atoms. The fourth-order valence-electron chi connectivity index (χ4n) is 10.6. The predicted octanol–water partition coefficient (Wildman–Crippen LogP) is 10.3. The molecule has 5 nitrogen and oxygen atoms in total. The predicted molar refractivity (Wildman–Crippen MR) is 204 cm³/mol. The van der Waals surface area contributed by atoms with Crippen LogP contribution in [0, 0.1) is 41.5 Å². The summed E-state index contributed by atoms with van der Waals surface area (Å²) in [5.74, 6) is 3.39. The highest BCUT2D eigenvalue weighted by Crippen LogP contribution is 2.59. The Morgan fingerprint density at radius 2 is 1.08 bits per heavy atom. The molecule has 0 amide bonds. The molecule has 5 aromatic carbocycles. The Morgan fingerprint density at radius 1 is 0.519 bits per heavy atom. The highest BCUT2D eigenvalue weighted by molar-refractivity contribution is 6.12. The van der Waals surface area contributed by atoms with Crippen LogP contribution >= 0.6 is 0 Å². The minimum absolute atomic E-state index is 0.761. The molecule has 1 atom stereocenters. The van der Waals surface area contributed by atoms with E-state index in [1.807, 2.05) is 0 Å². The van der Waals surface area contributed by atoms with Gasteiger partial charge in [0.1, 0.15) is 0 Å². The van der Waals surface area contributed by atoms with Crippen molar-refractivity contribution in [3.8, 4) is 62.6 Å². The van der Waals surface area contributed by atoms with Gasteiger partial charge >= 0.3 is 17.4 Å². The van der Waals surface area contributed by atoms with Gasteiger partial charge in [-0.1, -0.05) is 68.8 Å². The second-order valence-electron chi connectivity index (χ2n) is 15.4. The Balaban J connectivity index is 1.30. The zero-order valence-electron chi connectivity index (χ0n) is 30.0. The van der Waals surface area contributed by atoms with Crippen LogP contribution < -0.4 is 18.6 Å². The number of hydrogen-bond acceptors (Lipinski definition) is 2. The van der Waals surface area contributed by atoms with Gasteiger partial charge in [-0.05, 0) is 116 Å². The molecule has 0 N–H and O–H groups in total. The molecule has 5 heteroatoms. The molecule has 0 bridgehead atoms. The van der Waals surface area contributed by atoms with E-state index in [2.05, 4.69) is 158 Å². The van der Waals surface area contributed by atoms with Gasteiger partial charge in [0.25, 0.3) is 11.4 Å². The van der Waals surface area contributed by atoms with E-state index < -0.39 is 5.66 Å². The maximum absolute atomic E-state index is 7.16. The molecule has 7 heterocycles. The molecule has 248 valence electrons. The summed E-state index contributed by atoms with van der Waals surface area (Å²) in [6.07, 6.45) is 0. The number of para-hydroxylation sites is 1. The zero-order chi connectivity index (χ0) is 34.9. The maximum Gasteiger partial charge on any atom is 0.433 e. The first-order chi connectivity index (χ1) is 25.2. The number of benzene rings is 5. The Bertz CT molecular complexity index is 2880. The van der Waals surface area contributed by atoms with Crippen molar-refractivity contribution in [3.63, 3.8) is 0 Å². The van der Waals surface area contributed by atoms with E-state index in [0.717, 1.165) is 62.6 Å². The van der Waals surface area contributed by atoms with Gasteiger partial charge in [0, 0.05) is 22.9 Å². The number of aryl methyl sites for hydroxylation is 6. The Kier molecular flexibility index (Phi) is 5.03. The molecule has 3 aromatic heterocycles. The van der Waals surface area contributed by atoms with Gasteiger partial charge in [-0.25, -0.2) is 0 Å². The SMILES string of the molecule is Cc1cc(C)c(-c2cc3[n+]4c(c2)-c2cc(-c5c(C)cc(C)cc5C)cc5[n+]2C42c4c(cccc4-n4c6ccccc6c6ccc(c2c64)O5)O3)c(C)c1. The van der Waals surface area contributed by atoms with E-state index in [1.54, 1.807) is 0 Å². The number of pyridine rings is 2. The summed E-state index contributed by atoms with van der Waals surface area (Å²) in [6, 6.07) is 38.2. The van der Waals surface area contributed by atoms with Crippen molar-refractivity contribution in [2.75, 3.05) is 0 Å². The van der Waals surface area contributed by atoms with Gasteiger partial charge in [-0.3, -0.25) is 0 Å². The third-order valence-electron chi connectivity index (χ3n) is 12.1. The molecule has 0 fully saturated rings. The first-order valence-electron chi connectivity index (χ1n) is 18.2. The van der Waals surface area contributed by atoms with E-state index in [4.69, 9.17) is 9.47 Å². The monoisotopic (exact) mass is 673 g/mol. The zero-order valence-corrected chi connectivity index (χ0v) is 30.0. The molecule has 0 saturated carbocycles. The third-order valence-corrected chi connectivity index (χ3v) is 12.1. The van der Waals surface area contributed by atoms with Gasteiger partial charge in [-0.15, -0.1) is 0 Å². The van der Waals surface area contributed by atoms with Crippen LogP contribution in [0.25, 0.3) is 61.1 Å². The number of hydrogen-bond donors (Lipinski definition) is 0. The Morgan fingerprint density at radius 3 is 1.67 bits per heavy atom. The minimum atomic E-state index is -0.761. The average Bonchev–Trinajstić information content (AvgIpc) is 3.59. The fourth-order valence-corrected chi connectivity index (χ4v) is 10.6. The fraction of sp³-hybridized carbons (Fsp3) is 0.149. The van der Waals surface area contributed by atoms with Crippen LogP contribution in [0.15, 0.2) is 103 Å². The van der Waals surface area contributed by atoms with Crippen LogP contribution in [0.4, 0.5) is 0 Å². The maximum atomic E-state index is 7.16. The molecular formula is C47H35N3O2+2. The summed E-state index contributed by atoms with van der Waals surface area (Å²) in [7, 11) is 0. The van der Waals surface area contributed by atoms with Gasteiger partial charge < -0.3 is 14.0 Å². The molecule has 4 aliphatic heterocycles. The van der Waals surface area contributed by atoms with Gasteiger partial charge in [0.2, 0.25) is 0 Å². The number of nitrogens with zero attached hydrogens (tertiary/aromatic N) is 3. The molecular weight excluding hydrogens is 639 g/mol. The molecule has 12 rings (SSSR count). The topological polar surface area (TPSA) is 31.2 Å². The summed E-state index contributed by atoms with van der Waals surface area (Å²) >= 11 is 0. The standard InChI is InChI=1S/C47H35N3O2/c1-24-16-26(3)42(27(4)17-24)30-20-36-37-21-31(43-28(5)18-25(2)19-29(43)6)23-41-50(37)47-44-35(12-9-13-38(44)51-40(22-30)49(36)47)48-34-11-8-7-10-32(34)33-14-15-39(52-41)45(47)46(33)48/h7-23H,1-6H3/q+2. The number of ether oxygens (including phenoxy) is 2. The molecule has 0 aliphatic carbocycles. The van der Waals surface area contributed by atoms with Crippen molar-refractivity contribution < 1.29 is 18.6 Å². The average molecular weight is 674 g/mol. The Labute approximate surface area is 301 Å². The van der Waals surface area contributed by atoms with E-state index in [1.165, 1.54) is 66.3 Å². The van der Waals surface area contributed by atoms with Gasteiger partial charge in [0.05, 0.1) is 28.9 Å². The quantitative estimate of drug-likeness (QED) is 0.171. The van der Waals surface area contributed by atoms with Crippen molar-refractivity contribution in [3.05, 3.63) is 148 Å². The molecule has 0 radical (unpaired) electrons. The van der Waals surface area contributed by atoms with E-state index in [-0.39, 0.29) is 0 Å². The second kappa shape index (κ2) is 9.17. The number of rotatable bonds is 2. The lowest BCUT2D eigenvalue weighted by molar-refractivity contribution is -0.943. The first kappa shape index (κ1) is 28.5. The molecule has 4 aliphatic rings. The lowest BCUT2D eigenvalue weighted by atomic mass is 9.82. The first-order valence-corrected chi connectivity index (χ1v) is 18.2. The van der Waals surface area contributed by atoms with E-state index in [0.29, 0.717) is 0 Å². The van der Waals surface area contributed by atoms with Crippen molar-refractivity contribution in [1.82, 2.24) is 4.57 Å². The summed E-state index contributed by atoms with van der Waals surface area (Å²) in [5.41, 5.74) is 19.6. The number of aromatic nitrogens is 3. The van der Waals surface area contributed by atoms with Crippen LogP contribution in [0.3, 0.4) is 0 Å². The summed E-state index contributed by atoms with van der Waals surface area (Å²) in [5, 5.41) is 2.45. The minimum Gasteiger partial charge on any atom is -0.404 e. The van der Waals surface area contributed by atoms with Gasteiger partial charge in [0.15, 0.2) is 22.6 Å². The third kappa shape index (κ3) is 3.14. The summed E-state index contributed by atoms with van der Waals surface area (Å²) in [6.45, 7) is 13.2. The highest BCUT2D eigenvalue weighted by atomic mass is 16.5. The lowest BCUT2D eigenvalue weighted by Gasteiger charge is -2.35. The normalized spacial score (nSPS) is 16.3. The summed E-state index contributed by atoms with van der Waals surface area (Å²) in [4.78, 5) is 0. The van der Waals surface area contributed by atoms with Crippen LogP contribution in [-0.2, 0) is 5.66 Å². The molecule has 52 heavy (non-hydrogen) atoms. The lowest BCUT2D eigenvalue weighted by Crippen LogP contribution is -2.74. The van der Waals surface area contributed by atoms with E-state index >= 15 is 0 Å². The van der Waals surface area contributed by atoms with Crippen LogP contribution in [0.2, 0.25) is 0 Å². The second-order valence-corrected chi connectivity index (χ2v) is 15.4. The van der Waals surface area contributed by atoms with Crippen molar-refractivity contribution in [2.45, 2.75) is 47.2 Å². The number of fused-ring (bicyclic) bond motifs is 5. The van der Waals surface area contributed by atoms with Crippen molar-refractivity contribution in [1.29, 1.82) is 0 Å². The van der Waals surface area contributed by atoms with Crippen LogP contribution in [-0.4, -0.2) is 4.57 Å². The smallest absolute Gasteiger partial charge is 0.404 e. The van der Waals surface area contributed by atoms with Crippen LogP contribution in [0.1, 0.15) is 44.5 Å². The van der Waals surface area contributed by atoms with E-state index in [9.17, 15) is 0 Å². The van der Waals surface area contributed by atoms with Crippen LogP contribution in [0.5, 0.6) is 23.3 Å². The van der Waals surface area contributed by atoms with Gasteiger partial charge in [-0.2, -0.15) is 0 Å². The largest absolute Gasteiger partial charge is 0.433 e. The van der Waals surface area contributed by atoms with Crippen molar-refractivity contribution in [2.24, 2.45) is 0 Å². The summed E-state index contributed by atoms with van der Waals surface area (Å²) < 4.78 is 21.7. The Hall–Kier alpha value is -6.20. The van der Waals surface area contributed by atoms with Crippen molar-refractivity contribution >= 4 is 21.8 Å². The molecule has 8 aromatic rings.